The molecule has 2 N–H and O–H groups in total. The van der Waals surface area contributed by atoms with Gasteiger partial charge in [0.2, 0.25) is 0 Å². The second kappa shape index (κ2) is 7.72. The fourth-order valence-corrected chi connectivity index (χ4v) is 2.04. The van der Waals surface area contributed by atoms with E-state index in [1.165, 1.54) is 0 Å². The summed E-state index contributed by atoms with van der Waals surface area (Å²) in [6.07, 6.45) is -0.489. The number of hydrogen-bond acceptors (Lipinski definition) is 3. The third kappa shape index (κ3) is 4.67. The molecule has 0 spiro atoms. The summed E-state index contributed by atoms with van der Waals surface area (Å²) in [5.74, 6) is 1.17. The van der Waals surface area contributed by atoms with E-state index in [0.29, 0.717) is 11.7 Å². The SMILES string of the molecule is CC(Oc1ccccc1Br)C(=O)NCC1CNC1.Cl. The molecule has 2 rings (SSSR count). The van der Waals surface area contributed by atoms with E-state index in [0.717, 1.165) is 24.1 Å². The number of carbonyl (C=O) groups is 1. The lowest BCUT2D eigenvalue weighted by molar-refractivity contribution is -0.127. The van der Waals surface area contributed by atoms with Crippen molar-refractivity contribution >= 4 is 34.2 Å². The number of rotatable bonds is 5. The van der Waals surface area contributed by atoms with Crippen LogP contribution in [0, 0.1) is 5.92 Å². The Kier molecular flexibility index (Phi) is 6.62. The Balaban J connectivity index is 0.00000180. The lowest BCUT2D eigenvalue weighted by Gasteiger charge is -2.27. The van der Waals surface area contributed by atoms with Gasteiger partial charge in [-0.1, -0.05) is 12.1 Å². The summed E-state index contributed by atoms with van der Waals surface area (Å²) < 4.78 is 6.47. The van der Waals surface area contributed by atoms with Gasteiger partial charge in [-0.2, -0.15) is 0 Å². The Hall–Kier alpha value is -0.780. The molecule has 0 aromatic heterocycles. The lowest BCUT2D eigenvalue weighted by atomic mass is 10.0. The predicted molar refractivity (Wildman–Crippen MR) is 80.8 cm³/mol. The normalized spacial score (nSPS) is 15.9. The molecule has 6 heteroatoms. The Morgan fingerprint density at radius 2 is 2.21 bits per heavy atom. The molecule has 1 aliphatic heterocycles. The van der Waals surface area contributed by atoms with E-state index in [9.17, 15) is 4.79 Å². The van der Waals surface area contributed by atoms with Crippen LogP contribution in [0.2, 0.25) is 0 Å². The monoisotopic (exact) mass is 348 g/mol. The third-order valence-corrected chi connectivity index (χ3v) is 3.60. The van der Waals surface area contributed by atoms with Gasteiger partial charge in [-0.25, -0.2) is 0 Å². The van der Waals surface area contributed by atoms with Crippen LogP contribution in [0.25, 0.3) is 0 Å². The molecule has 1 fully saturated rings. The quantitative estimate of drug-likeness (QED) is 0.854. The first-order chi connectivity index (χ1) is 8.66. The summed E-state index contributed by atoms with van der Waals surface area (Å²) in [6, 6.07) is 7.51. The average molecular weight is 350 g/mol. The zero-order valence-electron chi connectivity index (χ0n) is 10.7. The van der Waals surface area contributed by atoms with E-state index in [1.54, 1.807) is 6.92 Å². The maximum atomic E-state index is 11.8. The number of carbonyl (C=O) groups excluding carboxylic acids is 1. The van der Waals surface area contributed by atoms with Gasteiger partial charge in [0.25, 0.3) is 5.91 Å². The van der Waals surface area contributed by atoms with Crippen LogP contribution in [0.3, 0.4) is 0 Å². The van der Waals surface area contributed by atoms with Crippen LogP contribution in [0.15, 0.2) is 28.7 Å². The van der Waals surface area contributed by atoms with E-state index < -0.39 is 6.10 Å². The summed E-state index contributed by atoms with van der Waals surface area (Å²) in [6.45, 7) is 4.45. The van der Waals surface area contributed by atoms with Crippen LogP contribution in [-0.2, 0) is 4.79 Å². The molecule has 4 nitrogen and oxygen atoms in total. The standard InChI is InChI=1S/C13H17BrN2O2.ClH/c1-9(13(17)16-8-10-6-15-7-10)18-12-5-3-2-4-11(12)14;/h2-5,9-10,15H,6-8H2,1H3,(H,16,17);1H. The second-order valence-corrected chi connectivity index (χ2v) is 5.31. The molecule has 0 aliphatic carbocycles. The minimum Gasteiger partial charge on any atom is -0.480 e. The first kappa shape index (κ1) is 16.3. The van der Waals surface area contributed by atoms with E-state index >= 15 is 0 Å². The zero-order valence-corrected chi connectivity index (χ0v) is 13.1. The van der Waals surface area contributed by atoms with Crippen LogP contribution < -0.4 is 15.4 Å². The van der Waals surface area contributed by atoms with E-state index in [-0.39, 0.29) is 18.3 Å². The summed E-state index contributed by atoms with van der Waals surface area (Å²) in [5, 5.41) is 6.08. The van der Waals surface area contributed by atoms with Gasteiger partial charge in [0.1, 0.15) is 5.75 Å². The zero-order chi connectivity index (χ0) is 13.0. The first-order valence-electron chi connectivity index (χ1n) is 6.06. The lowest BCUT2D eigenvalue weighted by Crippen LogP contribution is -2.49. The summed E-state index contributed by atoms with van der Waals surface area (Å²) in [5.41, 5.74) is 0. The van der Waals surface area contributed by atoms with Crippen molar-refractivity contribution in [2.45, 2.75) is 13.0 Å². The average Bonchev–Trinajstić information content (AvgIpc) is 2.30. The molecule has 1 unspecified atom stereocenters. The second-order valence-electron chi connectivity index (χ2n) is 4.46. The Labute approximate surface area is 127 Å². The number of hydrogen-bond donors (Lipinski definition) is 2. The molecule has 0 radical (unpaired) electrons. The third-order valence-electron chi connectivity index (χ3n) is 2.94. The molecule has 1 aromatic carbocycles. The summed E-state index contributed by atoms with van der Waals surface area (Å²) in [7, 11) is 0. The summed E-state index contributed by atoms with van der Waals surface area (Å²) >= 11 is 3.39. The fourth-order valence-electron chi connectivity index (χ4n) is 1.67. The van der Waals surface area contributed by atoms with Crippen LogP contribution in [0.5, 0.6) is 5.75 Å². The smallest absolute Gasteiger partial charge is 0.260 e. The van der Waals surface area contributed by atoms with Gasteiger partial charge in [-0.05, 0) is 35.0 Å². The summed E-state index contributed by atoms with van der Waals surface area (Å²) in [4.78, 5) is 11.8. The van der Waals surface area contributed by atoms with E-state index in [4.69, 9.17) is 4.74 Å². The van der Waals surface area contributed by atoms with Gasteiger partial charge >= 0.3 is 0 Å². The Bertz CT molecular complexity index is 427. The van der Waals surface area contributed by atoms with Crippen molar-refractivity contribution in [2.24, 2.45) is 5.92 Å². The number of nitrogens with one attached hydrogen (secondary N) is 2. The van der Waals surface area contributed by atoms with Gasteiger partial charge < -0.3 is 15.4 Å². The molecule has 1 amide bonds. The predicted octanol–water partition coefficient (Wildman–Crippen LogP) is 1.97. The van der Waals surface area contributed by atoms with Crippen LogP contribution in [0.1, 0.15) is 6.92 Å². The van der Waals surface area contributed by atoms with Crippen molar-refractivity contribution in [3.05, 3.63) is 28.7 Å². The molecule has 1 heterocycles. The number of ether oxygens (including phenoxy) is 1. The van der Waals surface area contributed by atoms with Crippen molar-refractivity contribution in [3.63, 3.8) is 0 Å². The number of para-hydroxylation sites is 1. The Morgan fingerprint density at radius 1 is 1.53 bits per heavy atom. The van der Waals surface area contributed by atoms with Crippen LogP contribution in [0.4, 0.5) is 0 Å². The van der Waals surface area contributed by atoms with Gasteiger partial charge in [-0.3, -0.25) is 4.79 Å². The van der Waals surface area contributed by atoms with Crippen LogP contribution in [-0.4, -0.2) is 31.6 Å². The van der Waals surface area contributed by atoms with Crippen molar-refractivity contribution in [3.8, 4) is 5.75 Å². The fraction of sp³-hybridized carbons (Fsp3) is 0.462. The molecule has 1 saturated heterocycles. The van der Waals surface area contributed by atoms with Gasteiger partial charge in [0.15, 0.2) is 6.10 Å². The molecule has 106 valence electrons. The molecule has 1 aliphatic rings. The van der Waals surface area contributed by atoms with Crippen molar-refractivity contribution in [1.29, 1.82) is 0 Å². The molecule has 19 heavy (non-hydrogen) atoms. The molecule has 0 bridgehead atoms. The van der Waals surface area contributed by atoms with Crippen molar-refractivity contribution in [2.75, 3.05) is 19.6 Å². The topological polar surface area (TPSA) is 50.4 Å². The number of halogens is 2. The van der Waals surface area contributed by atoms with Gasteiger partial charge in [0.05, 0.1) is 4.47 Å². The molecular weight excluding hydrogens is 332 g/mol. The van der Waals surface area contributed by atoms with E-state index in [1.807, 2.05) is 24.3 Å². The van der Waals surface area contributed by atoms with Crippen molar-refractivity contribution < 1.29 is 9.53 Å². The molecule has 1 atom stereocenters. The molecular formula is C13H18BrClN2O2. The first-order valence-corrected chi connectivity index (χ1v) is 6.85. The highest BCUT2D eigenvalue weighted by Crippen LogP contribution is 2.24. The number of amides is 1. The van der Waals surface area contributed by atoms with E-state index in [2.05, 4.69) is 26.6 Å². The van der Waals surface area contributed by atoms with Crippen molar-refractivity contribution in [1.82, 2.24) is 10.6 Å². The largest absolute Gasteiger partial charge is 0.480 e. The minimum absolute atomic E-state index is 0. The molecule has 1 aromatic rings. The highest BCUT2D eigenvalue weighted by molar-refractivity contribution is 9.10. The maximum absolute atomic E-state index is 11.8. The minimum atomic E-state index is -0.489. The highest BCUT2D eigenvalue weighted by Gasteiger charge is 2.20. The highest BCUT2D eigenvalue weighted by atomic mass is 79.9. The maximum Gasteiger partial charge on any atom is 0.260 e. The van der Waals surface area contributed by atoms with Crippen LogP contribution >= 0.6 is 28.3 Å². The van der Waals surface area contributed by atoms with Gasteiger partial charge in [0, 0.05) is 25.6 Å². The molecule has 0 saturated carbocycles. The Morgan fingerprint density at radius 3 is 2.79 bits per heavy atom. The van der Waals surface area contributed by atoms with Gasteiger partial charge in [-0.15, -0.1) is 12.4 Å². The number of benzene rings is 1.